The van der Waals surface area contributed by atoms with Gasteiger partial charge in [0.15, 0.2) is 5.76 Å². The zero-order valence-electron chi connectivity index (χ0n) is 15.1. The third kappa shape index (κ3) is 3.24. The molecule has 2 aliphatic rings. The van der Waals surface area contributed by atoms with E-state index in [2.05, 4.69) is 25.7 Å². The molecule has 1 unspecified atom stereocenters. The number of nitrogens with zero attached hydrogens (tertiary/aromatic N) is 2. The summed E-state index contributed by atoms with van der Waals surface area (Å²) in [5.74, 6) is 1.41. The minimum atomic E-state index is -0.257. The Morgan fingerprint density at radius 1 is 1.25 bits per heavy atom. The van der Waals surface area contributed by atoms with Crippen LogP contribution in [-0.4, -0.2) is 52.1 Å². The molecular weight excluding hydrogens is 304 g/mol. The molecule has 5 nitrogen and oxygen atoms in total. The number of hydrogen-bond donors (Lipinski definition) is 1. The molecule has 24 heavy (non-hydrogen) atoms. The van der Waals surface area contributed by atoms with Crippen molar-refractivity contribution in [2.75, 3.05) is 13.1 Å². The zero-order chi connectivity index (χ0) is 17.3. The van der Waals surface area contributed by atoms with E-state index in [0.717, 1.165) is 50.2 Å². The van der Waals surface area contributed by atoms with E-state index in [-0.39, 0.29) is 24.1 Å². The summed E-state index contributed by atoms with van der Waals surface area (Å²) in [7, 11) is 0. The Labute approximate surface area is 144 Å². The standard InChI is InChI=1S/C19H30N2O3/c1-4-17-13(12-20(5-2)6-3)9-18(24-17)19(23)21-14-7-8-15(21)11-16(22)10-14/h9,14-16,22H,4-8,10-12H2,1-3H3/t14-,15+,16?. The second-order valence-electron chi connectivity index (χ2n) is 7.10. The number of aliphatic hydroxyl groups excluding tert-OH is 1. The summed E-state index contributed by atoms with van der Waals surface area (Å²) in [6.07, 6.45) is 3.95. The molecule has 5 heteroatoms. The van der Waals surface area contributed by atoms with E-state index >= 15 is 0 Å². The monoisotopic (exact) mass is 334 g/mol. The van der Waals surface area contributed by atoms with Gasteiger partial charge in [0, 0.05) is 30.6 Å². The maximum atomic E-state index is 13.0. The van der Waals surface area contributed by atoms with Crippen LogP contribution in [0, 0.1) is 0 Å². The SMILES string of the molecule is CCc1oc(C(=O)N2[C@@H]3CC[C@H]2CC(O)C3)cc1CN(CC)CC. The number of furan rings is 1. The van der Waals surface area contributed by atoms with E-state index in [1.165, 1.54) is 0 Å². The second-order valence-corrected chi connectivity index (χ2v) is 7.10. The van der Waals surface area contributed by atoms with Gasteiger partial charge in [0.2, 0.25) is 0 Å². The lowest BCUT2D eigenvalue weighted by Crippen LogP contribution is -2.47. The third-order valence-electron chi connectivity index (χ3n) is 5.66. The number of rotatable bonds is 6. The number of hydrogen-bond acceptors (Lipinski definition) is 4. The van der Waals surface area contributed by atoms with Gasteiger partial charge in [-0.05, 0) is 44.8 Å². The van der Waals surface area contributed by atoms with Gasteiger partial charge in [-0.25, -0.2) is 0 Å². The summed E-state index contributed by atoms with van der Waals surface area (Å²) < 4.78 is 5.94. The summed E-state index contributed by atoms with van der Waals surface area (Å²) in [4.78, 5) is 17.3. The lowest BCUT2D eigenvalue weighted by Gasteiger charge is -2.36. The average molecular weight is 334 g/mol. The highest BCUT2D eigenvalue weighted by molar-refractivity contribution is 5.92. The fourth-order valence-electron chi connectivity index (χ4n) is 4.30. The van der Waals surface area contributed by atoms with Crippen LogP contribution >= 0.6 is 0 Å². The Kier molecular flexibility index (Phi) is 5.30. The maximum Gasteiger partial charge on any atom is 0.290 e. The fraction of sp³-hybridized carbons (Fsp3) is 0.737. The highest BCUT2D eigenvalue weighted by Crippen LogP contribution is 2.37. The molecule has 0 aromatic carbocycles. The predicted molar refractivity (Wildman–Crippen MR) is 92.9 cm³/mol. The largest absolute Gasteiger partial charge is 0.456 e. The molecular formula is C19H30N2O3. The van der Waals surface area contributed by atoms with E-state index in [9.17, 15) is 9.90 Å². The highest BCUT2D eigenvalue weighted by Gasteiger charge is 2.43. The van der Waals surface area contributed by atoms with Crippen LogP contribution in [0.1, 0.15) is 68.3 Å². The molecule has 134 valence electrons. The number of carbonyl (C=O) groups excluding carboxylic acids is 1. The Morgan fingerprint density at radius 3 is 2.42 bits per heavy atom. The summed E-state index contributed by atoms with van der Waals surface area (Å²) in [6.45, 7) is 9.18. The molecule has 2 fully saturated rings. The van der Waals surface area contributed by atoms with Gasteiger partial charge in [-0.15, -0.1) is 0 Å². The van der Waals surface area contributed by atoms with Crippen molar-refractivity contribution in [1.82, 2.24) is 9.80 Å². The smallest absolute Gasteiger partial charge is 0.290 e. The predicted octanol–water partition coefficient (Wildman–Crippen LogP) is 2.81. The van der Waals surface area contributed by atoms with Crippen LogP contribution in [0.5, 0.6) is 0 Å². The lowest BCUT2D eigenvalue weighted by molar-refractivity contribution is 0.0263. The quantitative estimate of drug-likeness (QED) is 0.869. The molecule has 0 spiro atoms. The van der Waals surface area contributed by atoms with Crippen LogP contribution in [0.3, 0.4) is 0 Å². The number of amides is 1. The van der Waals surface area contributed by atoms with Crippen LogP contribution in [0.15, 0.2) is 10.5 Å². The van der Waals surface area contributed by atoms with Crippen molar-refractivity contribution in [1.29, 1.82) is 0 Å². The third-order valence-corrected chi connectivity index (χ3v) is 5.66. The number of carbonyl (C=O) groups is 1. The molecule has 1 amide bonds. The summed E-state index contributed by atoms with van der Waals surface area (Å²) >= 11 is 0. The van der Waals surface area contributed by atoms with E-state index in [1.807, 2.05) is 11.0 Å². The first kappa shape index (κ1) is 17.5. The van der Waals surface area contributed by atoms with Crippen molar-refractivity contribution in [2.45, 2.75) is 77.6 Å². The van der Waals surface area contributed by atoms with Crippen molar-refractivity contribution in [3.63, 3.8) is 0 Å². The molecule has 1 N–H and O–H groups in total. The van der Waals surface area contributed by atoms with Crippen molar-refractivity contribution >= 4 is 5.91 Å². The Balaban J connectivity index is 1.79. The first-order valence-corrected chi connectivity index (χ1v) is 9.41. The average Bonchev–Trinajstić information content (AvgIpc) is 3.11. The van der Waals surface area contributed by atoms with Gasteiger partial charge in [-0.1, -0.05) is 20.8 Å². The molecule has 1 aromatic heterocycles. The molecule has 1 aromatic rings. The molecule has 2 aliphatic heterocycles. The molecule has 0 saturated carbocycles. The lowest BCUT2D eigenvalue weighted by atomic mass is 9.99. The number of fused-ring (bicyclic) bond motifs is 2. The highest BCUT2D eigenvalue weighted by atomic mass is 16.4. The van der Waals surface area contributed by atoms with E-state index < -0.39 is 0 Å². The van der Waals surface area contributed by atoms with E-state index in [0.29, 0.717) is 18.6 Å². The summed E-state index contributed by atoms with van der Waals surface area (Å²) in [5.41, 5.74) is 1.13. The van der Waals surface area contributed by atoms with Crippen LogP contribution in [0.2, 0.25) is 0 Å². The fourth-order valence-corrected chi connectivity index (χ4v) is 4.30. The van der Waals surface area contributed by atoms with Gasteiger partial charge < -0.3 is 14.4 Å². The van der Waals surface area contributed by atoms with Crippen LogP contribution in [0.4, 0.5) is 0 Å². The van der Waals surface area contributed by atoms with Gasteiger partial charge in [0.1, 0.15) is 5.76 Å². The van der Waals surface area contributed by atoms with E-state index in [4.69, 9.17) is 4.42 Å². The van der Waals surface area contributed by atoms with Crippen molar-refractivity contribution in [2.24, 2.45) is 0 Å². The summed E-state index contributed by atoms with van der Waals surface area (Å²) in [6, 6.07) is 2.30. The molecule has 2 bridgehead atoms. The van der Waals surface area contributed by atoms with Gasteiger partial charge in [0.05, 0.1) is 6.10 Å². The molecule has 0 aliphatic carbocycles. The van der Waals surface area contributed by atoms with Gasteiger partial charge in [-0.2, -0.15) is 0 Å². The minimum absolute atomic E-state index is 0.00916. The Bertz CT molecular complexity index is 565. The first-order valence-electron chi connectivity index (χ1n) is 9.41. The minimum Gasteiger partial charge on any atom is -0.456 e. The molecule has 3 heterocycles. The normalized spacial score (nSPS) is 26.4. The zero-order valence-corrected chi connectivity index (χ0v) is 15.1. The number of piperidine rings is 1. The maximum absolute atomic E-state index is 13.0. The molecule has 2 saturated heterocycles. The molecule has 3 atom stereocenters. The Hall–Kier alpha value is -1.33. The van der Waals surface area contributed by atoms with Crippen molar-refractivity contribution in [3.8, 4) is 0 Å². The Morgan fingerprint density at radius 2 is 1.88 bits per heavy atom. The van der Waals surface area contributed by atoms with Crippen LogP contribution < -0.4 is 0 Å². The first-order chi connectivity index (χ1) is 11.6. The molecule has 3 rings (SSSR count). The molecule has 0 radical (unpaired) electrons. The second kappa shape index (κ2) is 7.28. The van der Waals surface area contributed by atoms with Crippen molar-refractivity contribution in [3.05, 3.63) is 23.2 Å². The topological polar surface area (TPSA) is 56.9 Å². The van der Waals surface area contributed by atoms with Gasteiger partial charge >= 0.3 is 0 Å². The van der Waals surface area contributed by atoms with E-state index in [1.54, 1.807) is 0 Å². The summed E-state index contributed by atoms with van der Waals surface area (Å²) in [5, 5.41) is 9.93. The van der Waals surface area contributed by atoms with Crippen molar-refractivity contribution < 1.29 is 14.3 Å². The number of aryl methyl sites for hydroxylation is 1. The van der Waals surface area contributed by atoms with Gasteiger partial charge in [-0.3, -0.25) is 9.69 Å². The van der Waals surface area contributed by atoms with Gasteiger partial charge in [0.25, 0.3) is 5.91 Å². The number of aliphatic hydroxyl groups is 1. The van der Waals surface area contributed by atoms with Crippen LogP contribution in [-0.2, 0) is 13.0 Å². The van der Waals surface area contributed by atoms with Crippen LogP contribution in [0.25, 0.3) is 0 Å².